The molecular weight excluding hydrogens is 464 g/mol. The van der Waals surface area contributed by atoms with Gasteiger partial charge < -0.3 is 39.8 Å². The third-order valence-corrected chi connectivity index (χ3v) is 6.15. The van der Waals surface area contributed by atoms with E-state index in [1.165, 1.54) is 6.07 Å². The average Bonchev–Trinajstić information content (AvgIpc) is 2.81. The molecule has 5 atom stereocenters. The van der Waals surface area contributed by atoms with Crippen LogP contribution in [0.15, 0.2) is 21.3 Å². The second-order valence-electron chi connectivity index (χ2n) is 9.35. The van der Waals surface area contributed by atoms with Gasteiger partial charge in [-0.3, -0.25) is 4.79 Å². The van der Waals surface area contributed by atoms with E-state index in [9.17, 15) is 30.3 Å². The number of hydrogen-bond donors (Lipinski definition) is 6. The van der Waals surface area contributed by atoms with E-state index in [-0.39, 0.29) is 12.0 Å². The molecule has 0 saturated carbocycles. The van der Waals surface area contributed by atoms with Crippen molar-refractivity contribution in [2.45, 2.75) is 76.2 Å². The van der Waals surface area contributed by atoms with Gasteiger partial charge in [0.2, 0.25) is 0 Å². The second kappa shape index (κ2) is 11.3. The highest BCUT2D eigenvalue weighted by atomic mass is 17.2. The number of ether oxygens (including phenoxy) is 1. The van der Waals surface area contributed by atoms with Crippen LogP contribution in [0.3, 0.4) is 0 Å². The fourth-order valence-electron chi connectivity index (χ4n) is 4.06. The van der Waals surface area contributed by atoms with Crippen LogP contribution >= 0.6 is 0 Å². The molecule has 0 spiro atoms. The quantitative estimate of drug-likeness (QED) is 0.174. The molecule has 0 fully saturated rings. The Hall–Kier alpha value is -2.09. The molecule has 1 aliphatic rings. The van der Waals surface area contributed by atoms with Crippen LogP contribution in [0.1, 0.15) is 37.2 Å². The van der Waals surface area contributed by atoms with E-state index in [2.05, 4.69) is 0 Å². The summed E-state index contributed by atoms with van der Waals surface area (Å²) in [5, 5.41) is 57.7. The Balaban J connectivity index is 1.81. The van der Waals surface area contributed by atoms with Gasteiger partial charge in [-0.2, -0.15) is 0 Å². The lowest BCUT2D eigenvalue weighted by Crippen LogP contribution is -2.49. The van der Waals surface area contributed by atoms with E-state index in [4.69, 9.17) is 24.0 Å². The molecule has 11 heteroatoms. The van der Waals surface area contributed by atoms with Crippen LogP contribution in [0, 0.1) is 6.92 Å². The number of rotatable bonds is 11. The molecule has 11 nitrogen and oxygen atoms in total. The Kier molecular flexibility index (Phi) is 8.89. The lowest BCUT2D eigenvalue weighted by molar-refractivity contribution is -0.358. The molecule has 196 valence electrons. The molecule has 0 bridgehead atoms. The lowest BCUT2D eigenvalue weighted by atomic mass is 9.88. The van der Waals surface area contributed by atoms with Crippen molar-refractivity contribution >= 4 is 11.0 Å². The van der Waals surface area contributed by atoms with Gasteiger partial charge in [-0.05, 0) is 45.2 Å². The summed E-state index contributed by atoms with van der Waals surface area (Å²) in [6.07, 6.45) is -6.27. The Morgan fingerprint density at radius 2 is 1.80 bits per heavy atom. The largest absolute Gasteiger partial charge is 0.484 e. The van der Waals surface area contributed by atoms with Crippen molar-refractivity contribution < 1.29 is 49.6 Å². The molecule has 1 aliphatic heterocycles. The van der Waals surface area contributed by atoms with Crippen LogP contribution in [0.2, 0.25) is 0 Å². The highest BCUT2D eigenvalue weighted by molar-refractivity contribution is 5.84. The molecule has 0 saturated heterocycles. The zero-order valence-electron chi connectivity index (χ0n) is 20.0. The van der Waals surface area contributed by atoms with E-state index in [0.29, 0.717) is 52.9 Å². The highest BCUT2D eigenvalue weighted by Crippen LogP contribution is 2.41. The molecule has 6 N–H and O–H groups in total. The maximum atomic E-state index is 12.6. The third-order valence-electron chi connectivity index (χ3n) is 6.15. The molecule has 0 aliphatic carbocycles. The Bertz CT molecular complexity index is 1060. The van der Waals surface area contributed by atoms with E-state index in [1.54, 1.807) is 26.8 Å². The van der Waals surface area contributed by atoms with Gasteiger partial charge in [-0.15, -0.1) is 0 Å². The van der Waals surface area contributed by atoms with Crippen molar-refractivity contribution in [2.75, 3.05) is 19.8 Å². The summed E-state index contributed by atoms with van der Waals surface area (Å²) >= 11 is 0. The standard InChI is InChI=1S/C24H34O11/c1-12-7-16(27)15-8-13-9-19(35-32-11-18(29)21(31)20(30)17(28)10-26)24(2,3)34-22(13)14(5-4-6-25)23(15)33-12/h7-8,17-21,25-26,28-31H,4-6,9-11H2,1-3H3/t17-,18+,19-,20-,21-/m1/s1. The summed E-state index contributed by atoms with van der Waals surface area (Å²) in [4.78, 5) is 23.3. The molecular formula is C24H34O11. The predicted octanol–water partition coefficient (Wildman–Crippen LogP) is -0.507. The lowest BCUT2D eigenvalue weighted by Gasteiger charge is -2.39. The molecule has 0 amide bonds. The van der Waals surface area contributed by atoms with Gasteiger partial charge in [0.05, 0.1) is 12.0 Å². The van der Waals surface area contributed by atoms with Crippen molar-refractivity contribution in [3.63, 3.8) is 0 Å². The van der Waals surface area contributed by atoms with Crippen LogP contribution in [0.25, 0.3) is 11.0 Å². The number of aryl methyl sites for hydroxylation is 2. The zero-order valence-corrected chi connectivity index (χ0v) is 20.0. The minimum absolute atomic E-state index is 0.0393. The van der Waals surface area contributed by atoms with E-state index in [1.807, 2.05) is 0 Å². The fraction of sp³-hybridized carbons (Fsp3) is 0.625. The van der Waals surface area contributed by atoms with Crippen molar-refractivity contribution in [1.82, 2.24) is 0 Å². The van der Waals surface area contributed by atoms with Gasteiger partial charge >= 0.3 is 0 Å². The zero-order chi connectivity index (χ0) is 25.9. The third kappa shape index (κ3) is 6.01. The monoisotopic (exact) mass is 498 g/mol. The predicted molar refractivity (Wildman–Crippen MR) is 123 cm³/mol. The van der Waals surface area contributed by atoms with Crippen LogP contribution in [-0.4, -0.2) is 86.6 Å². The van der Waals surface area contributed by atoms with Crippen LogP contribution < -0.4 is 10.2 Å². The molecule has 2 heterocycles. The first-order valence-electron chi connectivity index (χ1n) is 11.5. The maximum Gasteiger partial charge on any atom is 0.192 e. The van der Waals surface area contributed by atoms with Crippen LogP contribution in [-0.2, 0) is 22.6 Å². The van der Waals surface area contributed by atoms with Gasteiger partial charge in [0.25, 0.3) is 0 Å². The van der Waals surface area contributed by atoms with Crippen LogP contribution in [0.4, 0.5) is 0 Å². The van der Waals surface area contributed by atoms with Crippen LogP contribution in [0.5, 0.6) is 5.75 Å². The number of hydrogen-bond acceptors (Lipinski definition) is 11. The average molecular weight is 499 g/mol. The van der Waals surface area contributed by atoms with Gasteiger partial charge in [0.15, 0.2) is 5.43 Å². The molecule has 1 aromatic carbocycles. The van der Waals surface area contributed by atoms with E-state index < -0.39 is 49.3 Å². The van der Waals surface area contributed by atoms with E-state index in [0.717, 1.165) is 0 Å². The van der Waals surface area contributed by atoms with E-state index >= 15 is 0 Å². The van der Waals surface area contributed by atoms with Gasteiger partial charge in [-0.25, -0.2) is 9.78 Å². The fourth-order valence-corrected chi connectivity index (χ4v) is 4.06. The minimum Gasteiger partial charge on any atom is -0.484 e. The summed E-state index contributed by atoms with van der Waals surface area (Å²) in [5.74, 6) is 1.02. The Morgan fingerprint density at radius 3 is 2.46 bits per heavy atom. The smallest absolute Gasteiger partial charge is 0.192 e. The Morgan fingerprint density at radius 1 is 1.11 bits per heavy atom. The van der Waals surface area contributed by atoms with Gasteiger partial charge in [0, 0.05) is 24.7 Å². The maximum absolute atomic E-state index is 12.6. The molecule has 2 aromatic rings. The van der Waals surface area contributed by atoms with Crippen molar-refractivity contribution in [3.8, 4) is 5.75 Å². The summed E-state index contributed by atoms with van der Waals surface area (Å²) in [7, 11) is 0. The first-order chi connectivity index (χ1) is 16.5. The first-order valence-corrected chi connectivity index (χ1v) is 11.5. The van der Waals surface area contributed by atoms with Crippen molar-refractivity contribution in [1.29, 1.82) is 0 Å². The summed E-state index contributed by atoms with van der Waals surface area (Å²) < 4.78 is 12.1. The normalized spacial score (nSPS) is 20.7. The van der Waals surface area contributed by atoms with Crippen molar-refractivity contribution in [3.05, 3.63) is 39.2 Å². The summed E-state index contributed by atoms with van der Waals surface area (Å²) in [5.41, 5.74) is 0.700. The number of benzene rings is 1. The van der Waals surface area contributed by atoms with Gasteiger partial charge in [-0.1, -0.05) is 0 Å². The van der Waals surface area contributed by atoms with Gasteiger partial charge in [0.1, 0.15) is 59.8 Å². The minimum atomic E-state index is -1.78. The summed E-state index contributed by atoms with van der Waals surface area (Å²) in [6, 6.07) is 3.10. The molecule has 35 heavy (non-hydrogen) atoms. The topological polar surface area (TPSA) is 179 Å². The molecule has 0 unspecified atom stereocenters. The number of fused-ring (bicyclic) bond motifs is 2. The molecule has 0 radical (unpaired) electrons. The van der Waals surface area contributed by atoms with Crippen molar-refractivity contribution in [2.24, 2.45) is 0 Å². The first kappa shape index (κ1) is 27.5. The number of aliphatic hydroxyl groups excluding tert-OH is 6. The number of aliphatic hydroxyl groups is 6. The Labute approximate surface area is 202 Å². The summed E-state index contributed by atoms with van der Waals surface area (Å²) in [6.45, 7) is 3.89. The molecule has 3 rings (SSSR count). The SMILES string of the molecule is Cc1cc(=O)c2cc3c(c(CCCO)c2o1)OC(C)(C)[C@H](OOC[C@H](O)[C@@H](O)[C@H](O)[C@H](O)CO)C3. The molecule has 1 aromatic heterocycles. The highest BCUT2D eigenvalue weighted by Gasteiger charge is 2.41. The second-order valence-corrected chi connectivity index (χ2v) is 9.35.